The van der Waals surface area contributed by atoms with Crippen molar-refractivity contribution in [1.29, 1.82) is 0 Å². The normalized spacial score (nSPS) is 17.7. The fraction of sp³-hybridized carbons (Fsp3) is 0.263. The third-order valence-electron chi connectivity index (χ3n) is 4.65. The maximum atomic E-state index is 12.8. The Balaban J connectivity index is 1.50. The Morgan fingerprint density at radius 2 is 2.00 bits per heavy atom. The molecule has 6 nitrogen and oxygen atoms in total. The summed E-state index contributed by atoms with van der Waals surface area (Å²) < 4.78 is 27.2. The molecule has 1 aromatic carbocycles. The number of sulfonamides is 1. The summed E-state index contributed by atoms with van der Waals surface area (Å²) in [5.41, 5.74) is 2.93. The van der Waals surface area contributed by atoms with Crippen LogP contribution in [0.4, 0.5) is 5.13 Å². The lowest BCUT2D eigenvalue weighted by atomic mass is 10.1. The van der Waals surface area contributed by atoms with Crippen LogP contribution in [0, 0.1) is 6.92 Å². The molecule has 4 rings (SSSR count). The minimum Gasteiger partial charge on any atom is -0.301 e. The average molecular weight is 434 g/mol. The third kappa shape index (κ3) is 3.75. The van der Waals surface area contributed by atoms with Crippen molar-refractivity contribution in [2.75, 3.05) is 11.9 Å². The number of hydrogen-bond acceptors (Lipinski definition) is 6. The number of thiophene rings is 1. The monoisotopic (exact) mass is 433 g/mol. The predicted molar refractivity (Wildman–Crippen MR) is 112 cm³/mol. The van der Waals surface area contributed by atoms with E-state index in [0.29, 0.717) is 24.5 Å². The van der Waals surface area contributed by atoms with E-state index in [4.69, 9.17) is 0 Å². The molecule has 0 bridgehead atoms. The van der Waals surface area contributed by atoms with E-state index >= 15 is 0 Å². The minimum absolute atomic E-state index is 0.267. The molecule has 0 saturated carbocycles. The zero-order chi connectivity index (χ0) is 19.7. The van der Waals surface area contributed by atoms with Crippen LogP contribution in [0.15, 0.2) is 51.4 Å². The van der Waals surface area contributed by atoms with Crippen LogP contribution in [0.5, 0.6) is 0 Å². The number of aryl methyl sites for hydroxylation is 1. The second kappa shape index (κ2) is 7.75. The number of thiazole rings is 1. The summed E-state index contributed by atoms with van der Waals surface area (Å²) in [6, 6.07) is 10.6. The van der Waals surface area contributed by atoms with Gasteiger partial charge in [-0.25, -0.2) is 13.4 Å². The Morgan fingerprint density at radius 3 is 2.71 bits per heavy atom. The van der Waals surface area contributed by atoms with Gasteiger partial charge in [0, 0.05) is 17.5 Å². The van der Waals surface area contributed by atoms with E-state index in [9.17, 15) is 13.2 Å². The number of anilines is 1. The number of nitrogens with zero attached hydrogens (tertiary/aromatic N) is 2. The van der Waals surface area contributed by atoms with Gasteiger partial charge in [0.25, 0.3) is 10.0 Å². The molecule has 3 aromatic rings. The van der Waals surface area contributed by atoms with Gasteiger partial charge in [-0.15, -0.1) is 22.7 Å². The molecule has 2 aromatic heterocycles. The molecule has 1 amide bonds. The molecule has 1 saturated heterocycles. The van der Waals surface area contributed by atoms with Gasteiger partial charge in [-0.2, -0.15) is 4.31 Å². The predicted octanol–water partition coefficient (Wildman–Crippen LogP) is 3.97. The highest BCUT2D eigenvalue weighted by Crippen LogP contribution is 2.30. The fourth-order valence-corrected chi connectivity index (χ4v) is 6.69. The van der Waals surface area contributed by atoms with E-state index in [-0.39, 0.29) is 10.1 Å². The minimum atomic E-state index is -3.65. The largest absolute Gasteiger partial charge is 0.301 e. The molecule has 1 N–H and O–H groups in total. The van der Waals surface area contributed by atoms with E-state index in [2.05, 4.69) is 10.3 Å². The summed E-state index contributed by atoms with van der Waals surface area (Å²) in [5, 5.41) is 6.88. The van der Waals surface area contributed by atoms with Gasteiger partial charge in [0.15, 0.2) is 5.13 Å². The van der Waals surface area contributed by atoms with Crippen molar-refractivity contribution >= 4 is 43.7 Å². The van der Waals surface area contributed by atoms with Gasteiger partial charge in [0.05, 0.1) is 5.69 Å². The van der Waals surface area contributed by atoms with E-state index in [1.54, 1.807) is 17.5 Å². The number of hydrogen-bond donors (Lipinski definition) is 1. The lowest BCUT2D eigenvalue weighted by molar-refractivity contribution is -0.119. The second-order valence-electron chi connectivity index (χ2n) is 6.60. The maximum absolute atomic E-state index is 12.8. The number of amides is 1. The molecule has 1 atom stereocenters. The highest BCUT2D eigenvalue weighted by atomic mass is 32.2. The number of rotatable bonds is 5. The molecule has 0 spiro atoms. The molecule has 1 aliphatic heterocycles. The van der Waals surface area contributed by atoms with Crippen LogP contribution in [0.25, 0.3) is 11.3 Å². The zero-order valence-electron chi connectivity index (χ0n) is 15.2. The van der Waals surface area contributed by atoms with Crippen molar-refractivity contribution in [3.8, 4) is 11.3 Å². The Kier molecular flexibility index (Phi) is 5.33. The van der Waals surface area contributed by atoms with Crippen LogP contribution >= 0.6 is 22.7 Å². The van der Waals surface area contributed by atoms with Gasteiger partial charge in [0.1, 0.15) is 10.3 Å². The first kappa shape index (κ1) is 19.3. The quantitative estimate of drug-likeness (QED) is 0.660. The van der Waals surface area contributed by atoms with E-state index in [1.165, 1.54) is 21.2 Å². The standard InChI is InChI=1S/C19H19N3O3S3/c1-13-6-8-14(9-7-13)15-12-27-19(20-15)21-18(23)16-4-2-10-22(16)28(24,25)17-5-3-11-26-17/h3,5-9,11-12,16H,2,4,10H2,1H3,(H,20,21,23). The van der Waals surface area contributed by atoms with Gasteiger partial charge < -0.3 is 5.32 Å². The molecule has 3 heterocycles. The van der Waals surface area contributed by atoms with Gasteiger partial charge >= 0.3 is 0 Å². The second-order valence-corrected chi connectivity index (χ2v) is 10.5. The Bertz CT molecular complexity index is 1070. The van der Waals surface area contributed by atoms with Gasteiger partial charge in [-0.1, -0.05) is 35.9 Å². The van der Waals surface area contributed by atoms with Crippen LogP contribution < -0.4 is 5.32 Å². The summed E-state index contributed by atoms with van der Waals surface area (Å²) in [7, 11) is -3.65. The van der Waals surface area contributed by atoms with Gasteiger partial charge in [-0.05, 0) is 31.2 Å². The highest BCUT2D eigenvalue weighted by molar-refractivity contribution is 7.91. The highest BCUT2D eigenvalue weighted by Gasteiger charge is 2.40. The van der Waals surface area contributed by atoms with Crippen molar-refractivity contribution in [2.24, 2.45) is 0 Å². The smallest absolute Gasteiger partial charge is 0.253 e. The molecule has 0 radical (unpaired) electrons. The molecule has 146 valence electrons. The van der Waals surface area contributed by atoms with E-state index in [0.717, 1.165) is 22.6 Å². The lowest BCUT2D eigenvalue weighted by Crippen LogP contribution is -2.42. The number of carbonyl (C=O) groups is 1. The molecule has 1 aliphatic rings. The van der Waals surface area contributed by atoms with Crippen LogP contribution in [-0.2, 0) is 14.8 Å². The van der Waals surface area contributed by atoms with Crippen molar-refractivity contribution in [3.63, 3.8) is 0 Å². The lowest BCUT2D eigenvalue weighted by Gasteiger charge is -2.22. The third-order valence-corrected chi connectivity index (χ3v) is 8.68. The topological polar surface area (TPSA) is 79.4 Å². The molecular formula is C19H19N3O3S3. The van der Waals surface area contributed by atoms with Gasteiger partial charge in [0.2, 0.25) is 5.91 Å². The molecular weight excluding hydrogens is 414 g/mol. The average Bonchev–Trinajstić information content (AvgIpc) is 3.43. The Hall–Kier alpha value is -2.07. The summed E-state index contributed by atoms with van der Waals surface area (Å²) in [5.74, 6) is -0.331. The van der Waals surface area contributed by atoms with Crippen molar-refractivity contribution in [2.45, 2.75) is 30.0 Å². The molecule has 28 heavy (non-hydrogen) atoms. The first-order valence-electron chi connectivity index (χ1n) is 8.84. The number of aromatic nitrogens is 1. The van der Waals surface area contributed by atoms with E-state index < -0.39 is 16.1 Å². The van der Waals surface area contributed by atoms with Crippen LogP contribution in [0.1, 0.15) is 18.4 Å². The molecule has 9 heteroatoms. The molecule has 1 fully saturated rings. The first-order chi connectivity index (χ1) is 13.4. The maximum Gasteiger partial charge on any atom is 0.253 e. The number of benzene rings is 1. The van der Waals surface area contributed by atoms with Crippen molar-refractivity contribution in [3.05, 3.63) is 52.7 Å². The van der Waals surface area contributed by atoms with Crippen LogP contribution in [0.3, 0.4) is 0 Å². The van der Waals surface area contributed by atoms with Gasteiger partial charge in [-0.3, -0.25) is 4.79 Å². The number of nitrogens with one attached hydrogen (secondary N) is 1. The van der Waals surface area contributed by atoms with Crippen LogP contribution in [0.2, 0.25) is 0 Å². The van der Waals surface area contributed by atoms with E-state index in [1.807, 2.05) is 36.6 Å². The Labute approximate surface area is 171 Å². The zero-order valence-corrected chi connectivity index (χ0v) is 17.6. The summed E-state index contributed by atoms with van der Waals surface area (Å²) in [4.78, 5) is 17.3. The molecule has 1 unspecified atom stereocenters. The van der Waals surface area contributed by atoms with Crippen LogP contribution in [-0.4, -0.2) is 36.2 Å². The fourth-order valence-electron chi connectivity index (χ4n) is 3.19. The Morgan fingerprint density at radius 1 is 1.21 bits per heavy atom. The van der Waals surface area contributed by atoms with Crippen molar-refractivity contribution < 1.29 is 13.2 Å². The summed E-state index contributed by atoms with van der Waals surface area (Å²) >= 11 is 2.50. The SMILES string of the molecule is Cc1ccc(-c2csc(NC(=O)C3CCCN3S(=O)(=O)c3cccs3)n2)cc1. The summed E-state index contributed by atoms with van der Waals surface area (Å²) in [6.45, 7) is 2.37. The van der Waals surface area contributed by atoms with Crippen molar-refractivity contribution in [1.82, 2.24) is 9.29 Å². The number of carbonyl (C=O) groups excluding carboxylic acids is 1. The molecule has 0 aliphatic carbocycles. The first-order valence-corrected chi connectivity index (χ1v) is 12.0. The summed E-state index contributed by atoms with van der Waals surface area (Å²) in [6.07, 6.45) is 1.17.